The minimum Gasteiger partial charge on any atom is -0.463 e. The van der Waals surface area contributed by atoms with Crippen molar-refractivity contribution in [3.8, 4) is 0 Å². The van der Waals surface area contributed by atoms with Crippen LogP contribution in [0.2, 0.25) is 0 Å². The fourth-order valence-electron chi connectivity index (χ4n) is 2.44. The third-order valence-corrected chi connectivity index (χ3v) is 4.06. The van der Waals surface area contributed by atoms with Crippen molar-refractivity contribution < 1.29 is 38.3 Å². The van der Waals surface area contributed by atoms with Gasteiger partial charge in [0.25, 0.3) is 0 Å². The van der Waals surface area contributed by atoms with Gasteiger partial charge in [0.1, 0.15) is 18.8 Å². The maximum atomic E-state index is 11.4. The highest BCUT2D eigenvalue weighted by molar-refractivity contribution is 5.71. The van der Waals surface area contributed by atoms with Gasteiger partial charge < -0.3 is 33.5 Å². The van der Waals surface area contributed by atoms with Crippen molar-refractivity contribution in [2.24, 2.45) is 11.3 Å². The number of hydrogen-bond acceptors (Lipinski definition) is 8. The summed E-state index contributed by atoms with van der Waals surface area (Å²) in [6.07, 6.45) is -2.10. The molecular weight excluding hydrogens is 308 g/mol. The normalized spacial score (nSPS) is 38.5. The molecule has 0 aromatic carbocycles. The van der Waals surface area contributed by atoms with Crippen LogP contribution in [0.15, 0.2) is 0 Å². The molecule has 2 unspecified atom stereocenters. The van der Waals surface area contributed by atoms with Crippen LogP contribution in [0.25, 0.3) is 0 Å². The molecule has 8 heteroatoms. The van der Waals surface area contributed by atoms with Crippen LogP contribution in [0, 0.1) is 11.3 Å². The van der Waals surface area contributed by atoms with Crippen molar-refractivity contribution in [2.75, 3.05) is 39.6 Å². The first-order chi connectivity index (χ1) is 11.0. The molecule has 3 saturated heterocycles. The van der Waals surface area contributed by atoms with Gasteiger partial charge in [-0.2, -0.15) is 0 Å². The van der Waals surface area contributed by atoms with Crippen molar-refractivity contribution in [1.82, 2.24) is 0 Å². The molecule has 2 atom stereocenters. The van der Waals surface area contributed by atoms with Gasteiger partial charge >= 0.3 is 5.97 Å². The molecule has 0 aliphatic carbocycles. The summed E-state index contributed by atoms with van der Waals surface area (Å²) < 4.78 is 32.6. The topological polar surface area (TPSA) is 96.0 Å². The second-order valence-corrected chi connectivity index (χ2v) is 6.70. The quantitative estimate of drug-likeness (QED) is 0.540. The van der Waals surface area contributed by atoms with Gasteiger partial charge in [0.05, 0.1) is 44.4 Å². The number of rotatable bonds is 5. The number of hydrogen-bond donors (Lipinski definition) is 1. The van der Waals surface area contributed by atoms with Crippen LogP contribution in [0.4, 0.5) is 0 Å². The summed E-state index contributed by atoms with van der Waals surface area (Å²) in [6, 6.07) is 0. The fourth-order valence-corrected chi connectivity index (χ4v) is 2.44. The second kappa shape index (κ2) is 7.00. The number of ether oxygens (including phenoxy) is 6. The Bertz CT molecular complexity index is 404. The van der Waals surface area contributed by atoms with Gasteiger partial charge in [-0.3, -0.25) is 4.79 Å². The highest BCUT2D eigenvalue weighted by atomic mass is 16.7. The van der Waals surface area contributed by atoms with Crippen LogP contribution >= 0.6 is 0 Å². The van der Waals surface area contributed by atoms with Crippen LogP contribution in [-0.4, -0.2) is 75.5 Å². The minimum atomic E-state index is -1.02. The molecule has 23 heavy (non-hydrogen) atoms. The lowest BCUT2D eigenvalue weighted by Crippen LogP contribution is -2.55. The minimum absolute atomic E-state index is 0.0444. The van der Waals surface area contributed by atoms with Gasteiger partial charge in [-0.05, 0) is 0 Å². The standard InChI is InChI=1S/C15H24O8/c1-9(2)12(17)19-3-10(16)13-20-5-15(6-21-13)7-22-14(23-8-15)11-4-18-11/h9-11,13-14,16H,3-8H2,1-2H3. The lowest BCUT2D eigenvalue weighted by atomic mass is 9.90. The molecule has 3 aliphatic heterocycles. The summed E-state index contributed by atoms with van der Waals surface area (Å²) in [4.78, 5) is 11.4. The zero-order valence-electron chi connectivity index (χ0n) is 13.4. The highest BCUT2D eigenvalue weighted by Crippen LogP contribution is 2.33. The van der Waals surface area contributed by atoms with Gasteiger partial charge in [0.15, 0.2) is 12.6 Å². The maximum Gasteiger partial charge on any atom is 0.308 e. The zero-order chi connectivity index (χ0) is 16.4. The van der Waals surface area contributed by atoms with E-state index in [0.29, 0.717) is 33.0 Å². The van der Waals surface area contributed by atoms with Crippen LogP contribution in [0.3, 0.4) is 0 Å². The molecule has 1 spiro atoms. The molecule has 3 heterocycles. The van der Waals surface area contributed by atoms with E-state index in [4.69, 9.17) is 28.4 Å². The number of aliphatic hydroxyl groups excluding tert-OH is 1. The average Bonchev–Trinajstić information content (AvgIpc) is 3.38. The summed E-state index contributed by atoms with van der Waals surface area (Å²) >= 11 is 0. The molecule has 0 aromatic heterocycles. The van der Waals surface area contributed by atoms with Gasteiger partial charge in [-0.15, -0.1) is 0 Å². The number of carbonyl (C=O) groups excluding carboxylic acids is 1. The number of aliphatic hydroxyl groups is 1. The van der Waals surface area contributed by atoms with Crippen LogP contribution in [0.5, 0.6) is 0 Å². The molecule has 3 fully saturated rings. The van der Waals surface area contributed by atoms with Gasteiger partial charge in [0.2, 0.25) is 0 Å². The summed E-state index contributed by atoms with van der Waals surface area (Å²) in [7, 11) is 0. The van der Waals surface area contributed by atoms with E-state index in [9.17, 15) is 9.90 Å². The maximum absolute atomic E-state index is 11.4. The highest BCUT2D eigenvalue weighted by Gasteiger charge is 2.47. The van der Waals surface area contributed by atoms with Crippen LogP contribution in [-0.2, 0) is 33.2 Å². The first-order valence-corrected chi connectivity index (χ1v) is 7.92. The third kappa shape index (κ3) is 4.20. The van der Waals surface area contributed by atoms with Gasteiger partial charge in [-0.25, -0.2) is 0 Å². The Labute approximate surface area is 134 Å². The zero-order valence-corrected chi connectivity index (χ0v) is 13.4. The summed E-state index contributed by atoms with van der Waals surface area (Å²) in [5, 5.41) is 10.0. The van der Waals surface area contributed by atoms with Gasteiger partial charge in [-0.1, -0.05) is 13.8 Å². The number of epoxide rings is 1. The SMILES string of the molecule is CC(C)C(=O)OCC(O)C1OCC2(CO1)COC(C1CO1)OC2. The van der Waals surface area contributed by atoms with E-state index in [1.807, 2.05) is 0 Å². The molecule has 8 nitrogen and oxygen atoms in total. The number of carbonyl (C=O) groups is 1. The van der Waals surface area contributed by atoms with E-state index in [0.717, 1.165) is 0 Å². The Hall–Kier alpha value is -0.770. The molecule has 1 N–H and O–H groups in total. The van der Waals surface area contributed by atoms with E-state index >= 15 is 0 Å². The Morgan fingerprint density at radius 3 is 2.22 bits per heavy atom. The average molecular weight is 332 g/mol. The summed E-state index contributed by atoms with van der Waals surface area (Å²) in [6.45, 7) is 5.61. The summed E-state index contributed by atoms with van der Waals surface area (Å²) in [5.41, 5.74) is -0.365. The smallest absolute Gasteiger partial charge is 0.308 e. The van der Waals surface area contributed by atoms with Crippen LogP contribution in [0.1, 0.15) is 13.8 Å². The molecule has 0 bridgehead atoms. The van der Waals surface area contributed by atoms with Gasteiger partial charge in [0, 0.05) is 0 Å². The van der Waals surface area contributed by atoms with E-state index in [1.54, 1.807) is 13.8 Å². The Balaban J connectivity index is 1.40. The molecule has 0 amide bonds. The first kappa shape index (κ1) is 17.1. The first-order valence-electron chi connectivity index (χ1n) is 7.92. The fraction of sp³-hybridized carbons (Fsp3) is 0.933. The number of esters is 1. The monoisotopic (exact) mass is 332 g/mol. The van der Waals surface area contributed by atoms with Crippen molar-refractivity contribution >= 4 is 5.97 Å². The molecule has 132 valence electrons. The van der Waals surface area contributed by atoms with Crippen molar-refractivity contribution in [3.63, 3.8) is 0 Å². The van der Waals surface area contributed by atoms with Crippen molar-refractivity contribution in [1.29, 1.82) is 0 Å². The van der Waals surface area contributed by atoms with E-state index < -0.39 is 12.4 Å². The van der Waals surface area contributed by atoms with Crippen LogP contribution < -0.4 is 0 Å². The Morgan fingerprint density at radius 1 is 1.13 bits per heavy atom. The molecule has 0 radical (unpaired) electrons. The predicted molar refractivity (Wildman–Crippen MR) is 75.4 cm³/mol. The predicted octanol–water partition coefficient (Wildman–Crippen LogP) is -0.322. The molecule has 3 rings (SSSR count). The lowest BCUT2D eigenvalue weighted by Gasteiger charge is -2.44. The third-order valence-electron chi connectivity index (χ3n) is 4.06. The molecule has 3 aliphatic rings. The molecule has 0 aromatic rings. The largest absolute Gasteiger partial charge is 0.463 e. The van der Waals surface area contributed by atoms with Crippen molar-refractivity contribution in [3.05, 3.63) is 0 Å². The van der Waals surface area contributed by atoms with E-state index in [2.05, 4.69) is 0 Å². The van der Waals surface area contributed by atoms with E-state index in [1.165, 1.54) is 0 Å². The Morgan fingerprint density at radius 2 is 1.70 bits per heavy atom. The molecular formula is C15H24O8. The Kier molecular flexibility index (Phi) is 5.19. The molecule has 0 saturated carbocycles. The second-order valence-electron chi connectivity index (χ2n) is 6.70. The van der Waals surface area contributed by atoms with Crippen molar-refractivity contribution in [2.45, 2.75) is 38.6 Å². The summed E-state index contributed by atoms with van der Waals surface area (Å²) in [5.74, 6) is -0.600. The van der Waals surface area contributed by atoms with E-state index in [-0.39, 0.29) is 36.3 Å². The lowest BCUT2D eigenvalue weighted by molar-refractivity contribution is -0.319.